The van der Waals surface area contributed by atoms with Crippen molar-refractivity contribution in [1.29, 1.82) is 0 Å². The van der Waals surface area contributed by atoms with E-state index in [1.165, 1.54) is 18.9 Å². The van der Waals surface area contributed by atoms with E-state index in [9.17, 15) is 9.90 Å². The number of hydrogen-bond donors (Lipinski definition) is 2. The number of carbonyl (C=O) groups excluding carboxylic acids is 1. The summed E-state index contributed by atoms with van der Waals surface area (Å²) in [6.07, 6.45) is 4.01. The number of piperidine rings is 1. The largest absolute Gasteiger partial charge is 0.508 e. The van der Waals surface area contributed by atoms with Gasteiger partial charge >= 0.3 is 0 Å². The SMILES string of the molecule is O=C(CC1CCCCN1)c1cccc(O)c1. The lowest BCUT2D eigenvalue weighted by atomic mass is 9.97. The molecule has 3 heteroatoms. The number of aromatic hydroxyl groups is 1. The number of benzene rings is 1. The first-order valence-corrected chi connectivity index (χ1v) is 5.81. The Hall–Kier alpha value is -1.35. The highest BCUT2D eigenvalue weighted by molar-refractivity contribution is 5.96. The Balaban J connectivity index is 1.97. The van der Waals surface area contributed by atoms with Crippen molar-refractivity contribution in [2.24, 2.45) is 0 Å². The van der Waals surface area contributed by atoms with Gasteiger partial charge in [0.1, 0.15) is 5.75 Å². The normalized spacial score (nSPS) is 20.6. The van der Waals surface area contributed by atoms with Gasteiger partial charge in [-0.2, -0.15) is 0 Å². The van der Waals surface area contributed by atoms with Crippen molar-refractivity contribution in [3.05, 3.63) is 29.8 Å². The molecular weight excluding hydrogens is 202 g/mol. The predicted octanol–water partition coefficient (Wildman–Crippen LogP) is 2.11. The number of nitrogens with one attached hydrogen (secondary N) is 1. The lowest BCUT2D eigenvalue weighted by molar-refractivity contribution is 0.0963. The maximum Gasteiger partial charge on any atom is 0.164 e. The van der Waals surface area contributed by atoms with Crippen LogP contribution in [-0.4, -0.2) is 23.5 Å². The van der Waals surface area contributed by atoms with Crippen LogP contribution in [0.25, 0.3) is 0 Å². The highest BCUT2D eigenvalue weighted by Gasteiger charge is 2.17. The molecule has 0 amide bonds. The van der Waals surface area contributed by atoms with Crippen LogP contribution in [0.3, 0.4) is 0 Å². The third-order valence-corrected chi connectivity index (χ3v) is 3.01. The van der Waals surface area contributed by atoms with Gasteiger partial charge in [-0.15, -0.1) is 0 Å². The van der Waals surface area contributed by atoms with Crippen molar-refractivity contribution >= 4 is 5.78 Å². The molecule has 0 spiro atoms. The second-order valence-electron chi connectivity index (χ2n) is 4.32. The van der Waals surface area contributed by atoms with Crippen molar-refractivity contribution in [3.63, 3.8) is 0 Å². The minimum absolute atomic E-state index is 0.107. The van der Waals surface area contributed by atoms with Gasteiger partial charge in [0, 0.05) is 18.0 Å². The van der Waals surface area contributed by atoms with E-state index in [4.69, 9.17) is 0 Å². The molecule has 1 saturated heterocycles. The maximum absolute atomic E-state index is 11.9. The van der Waals surface area contributed by atoms with Crippen molar-refractivity contribution in [2.75, 3.05) is 6.54 Å². The van der Waals surface area contributed by atoms with Gasteiger partial charge in [0.05, 0.1) is 0 Å². The summed E-state index contributed by atoms with van der Waals surface area (Å²) in [4.78, 5) is 11.9. The second kappa shape index (κ2) is 5.12. The Labute approximate surface area is 95.5 Å². The van der Waals surface area contributed by atoms with Crippen molar-refractivity contribution in [1.82, 2.24) is 5.32 Å². The lowest BCUT2D eigenvalue weighted by Crippen LogP contribution is -2.35. The number of phenols is 1. The molecule has 0 bridgehead atoms. The fourth-order valence-electron chi connectivity index (χ4n) is 2.12. The number of Topliss-reactive ketones (excluding diaryl/α,β-unsaturated/α-hetero) is 1. The fraction of sp³-hybridized carbons (Fsp3) is 0.462. The molecule has 1 atom stereocenters. The topological polar surface area (TPSA) is 49.3 Å². The summed E-state index contributed by atoms with van der Waals surface area (Å²) in [5, 5.41) is 12.7. The van der Waals surface area contributed by atoms with E-state index < -0.39 is 0 Å². The highest BCUT2D eigenvalue weighted by Crippen LogP contribution is 2.16. The van der Waals surface area contributed by atoms with Gasteiger partial charge in [-0.05, 0) is 31.5 Å². The van der Waals surface area contributed by atoms with Gasteiger partial charge in [-0.1, -0.05) is 18.6 Å². The van der Waals surface area contributed by atoms with E-state index in [1.54, 1.807) is 18.2 Å². The fourth-order valence-corrected chi connectivity index (χ4v) is 2.12. The van der Waals surface area contributed by atoms with Gasteiger partial charge in [-0.3, -0.25) is 4.79 Å². The smallest absolute Gasteiger partial charge is 0.164 e. The first kappa shape index (κ1) is 11.1. The monoisotopic (exact) mass is 219 g/mol. The second-order valence-corrected chi connectivity index (χ2v) is 4.32. The number of phenolic OH excluding ortho intramolecular Hbond substituents is 1. The molecule has 1 aromatic rings. The molecule has 2 N–H and O–H groups in total. The summed E-state index contributed by atoms with van der Waals surface area (Å²) in [5.74, 6) is 0.262. The molecule has 16 heavy (non-hydrogen) atoms. The summed E-state index contributed by atoms with van der Waals surface area (Å²) in [7, 11) is 0. The molecule has 1 fully saturated rings. The van der Waals surface area contributed by atoms with Crippen LogP contribution < -0.4 is 5.32 Å². The van der Waals surface area contributed by atoms with Crippen molar-refractivity contribution in [2.45, 2.75) is 31.7 Å². The Bertz CT molecular complexity index is 370. The van der Waals surface area contributed by atoms with Gasteiger partial charge in [0.2, 0.25) is 0 Å². The summed E-state index contributed by atoms with van der Waals surface area (Å²) in [5.41, 5.74) is 0.604. The van der Waals surface area contributed by atoms with E-state index in [0.29, 0.717) is 18.0 Å². The number of hydrogen-bond acceptors (Lipinski definition) is 3. The Morgan fingerprint density at radius 2 is 2.31 bits per heavy atom. The third kappa shape index (κ3) is 2.83. The summed E-state index contributed by atoms with van der Waals surface area (Å²) < 4.78 is 0. The zero-order valence-corrected chi connectivity index (χ0v) is 9.28. The number of rotatable bonds is 3. The number of ketones is 1. The zero-order chi connectivity index (χ0) is 11.4. The first-order valence-electron chi connectivity index (χ1n) is 5.81. The quantitative estimate of drug-likeness (QED) is 0.765. The van der Waals surface area contributed by atoms with Gasteiger partial charge in [0.15, 0.2) is 5.78 Å². The zero-order valence-electron chi connectivity index (χ0n) is 9.28. The van der Waals surface area contributed by atoms with Crippen LogP contribution in [0.4, 0.5) is 0 Å². The van der Waals surface area contributed by atoms with Crippen LogP contribution in [-0.2, 0) is 0 Å². The minimum Gasteiger partial charge on any atom is -0.508 e. The molecule has 2 rings (SSSR count). The Morgan fingerprint density at radius 3 is 3.00 bits per heavy atom. The first-order chi connectivity index (χ1) is 7.75. The third-order valence-electron chi connectivity index (χ3n) is 3.01. The average molecular weight is 219 g/mol. The molecule has 1 aromatic carbocycles. The Morgan fingerprint density at radius 1 is 1.44 bits per heavy atom. The van der Waals surface area contributed by atoms with Crippen LogP contribution in [0.5, 0.6) is 5.75 Å². The number of carbonyl (C=O) groups is 1. The molecule has 86 valence electrons. The lowest BCUT2D eigenvalue weighted by Gasteiger charge is -2.22. The van der Waals surface area contributed by atoms with Crippen LogP contribution in [0.2, 0.25) is 0 Å². The van der Waals surface area contributed by atoms with Crippen molar-refractivity contribution in [3.8, 4) is 5.75 Å². The van der Waals surface area contributed by atoms with Crippen LogP contribution in [0.1, 0.15) is 36.0 Å². The molecule has 3 nitrogen and oxygen atoms in total. The molecule has 1 unspecified atom stereocenters. The average Bonchev–Trinajstić information content (AvgIpc) is 2.30. The van der Waals surface area contributed by atoms with Crippen LogP contribution in [0.15, 0.2) is 24.3 Å². The molecule has 1 aliphatic heterocycles. The molecule has 1 heterocycles. The predicted molar refractivity (Wildman–Crippen MR) is 62.7 cm³/mol. The minimum atomic E-state index is 0.107. The van der Waals surface area contributed by atoms with E-state index in [-0.39, 0.29) is 11.5 Å². The summed E-state index contributed by atoms with van der Waals surface area (Å²) >= 11 is 0. The van der Waals surface area contributed by atoms with Gasteiger partial charge < -0.3 is 10.4 Å². The van der Waals surface area contributed by atoms with E-state index >= 15 is 0 Å². The molecule has 0 aromatic heterocycles. The van der Waals surface area contributed by atoms with E-state index in [2.05, 4.69) is 5.32 Å². The van der Waals surface area contributed by atoms with Gasteiger partial charge in [-0.25, -0.2) is 0 Å². The molecule has 0 aliphatic carbocycles. The molecule has 0 saturated carbocycles. The van der Waals surface area contributed by atoms with Crippen LogP contribution in [0, 0.1) is 0 Å². The van der Waals surface area contributed by atoms with Gasteiger partial charge in [0.25, 0.3) is 0 Å². The molecular formula is C13H17NO2. The molecule has 1 aliphatic rings. The highest BCUT2D eigenvalue weighted by atomic mass is 16.3. The molecule has 0 radical (unpaired) electrons. The Kier molecular flexibility index (Phi) is 3.57. The summed E-state index contributed by atoms with van der Waals surface area (Å²) in [6, 6.07) is 6.88. The van der Waals surface area contributed by atoms with E-state index in [0.717, 1.165) is 13.0 Å². The van der Waals surface area contributed by atoms with Crippen LogP contribution >= 0.6 is 0 Å². The standard InChI is InChI=1S/C13H17NO2/c15-12-6-3-4-10(8-12)13(16)9-11-5-1-2-7-14-11/h3-4,6,8,11,14-15H,1-2,5,7,9H2. The van der Waals surface area contributed by atoms with Crippen molar-refractivity contribution < 1.29 is 9.90 Å². The maximum atomic E-state index is 11.9. The summed E-state index contributed by atoms with van der Waals surface area (Å²) in [6.45, 7) is 1.01. The van der Waals surface area contributed by atoms with E-state index in [1.807, 2.05) is 0 Å².